The van der Waals surface area contributed by atoms with E-state index in [0.29, 0.717) is 25.7 Å². The van der Waals surface area contributed by atoms with Crippen molar-refractivity contribution in [3.05, 3.63) is 144 Å². The third-order valence-corrected chi connectivity index (χ3v) is 9.22. The Hall–Kier alpha value is -3.28. The maximum Gasteiger partial charge on any atom is 0.0813 e. The zero-order valence-corrected chi connectivity index (χ0v) is 25.2. The number of aliphatic hydroxyl groups is 4. The molecule has 4 heteroatoms. The van der Waals surface area contributed by atoms with Gasteiger partial charge in [-0.25, -0.2) is 0 Å². The van der Waals surface area contributed by atoms with Crippen LogP contribution in [0.25, 0.3) is 0 Å². The Morgan fingerprint density at radius 2 is 0.977 bits per heavy atom. The number of hydrogen-bond acceptors (Lipinski definition) is 4. The summed E-state index contributed by atoms with van der Waals surface area (Å²) in [6, 6.07) is 40.9. The standard InChI is InChI=1S/C39H48O4/c40-28-13-22-37(33-18-9-3-10-19-33)39(43,38(27-29-41)34-20-11-4-12-21-34)36(25-23-31-14-5-1-6-15-31)26-24-35(30-42)32-16-7-2-8-17-32/h1-12,14-21,35-38,40-43H,13,22-30H2. The van der Waals surface area contributed by atoms with Gasteiger partial charge in [0.05, 0.1) is 5.60 Å². The van der Waals surface area contributed by atoms with Crippen LogP contribution in [0, 0.1) is 5.92 Å². The van der Waals surface area contributed by atoms with E-state index in [1.54, 1.807) is 0 Å². The van der Waals surface area contributed by atoms with Crippen molar-refractivity contribution in [1.29, 1.82) is 0 Å². The molecule has 0 aromatic heterocycles. The molecule has 0 aliphatic heterocycles. The first-order chi connectivity index (χ1) is 21.1. The van der Waals surface area contributed by atoms with E-state index in [-0.39, 0.29) is 43.5 Å². The minimum absolute atomic E-state index is 0.0368. The molecule has 0 aliphatic rings. The van der Waals surface area contributed by atoms with Gasteiger partial charge in [0.25, 0.3) is 0 Å². The van der Waals surface area contributed by atoms with E-state index in [4.69, 9.17) is 0 Å². The van der Waals surface area contributed by atoms with Gasteiger partial charge in [0, 0.05) is 37.6 Å². The molecule has 4 aromatic rings. The fraction of sp³-hybridized carbons (Fsp3) is 0.385. The summed E-state index contributed by atoms with van der Waals surface area (Å²) in [7, 11) is 0. The van der Waals surface area contributed by atoms with Crippen molar-refractivity contribution in [2.75, 3.05) is 19.8 Å². The van der Waals surface area contributed by atoms with E-state index < -0.39 is 5.60 Å². The van der Waals surface area contributed by atoms with E-state index in [0.717, 1.165) is 36.0 Å². The Bertz CT molecular complexity index is 1280. The Balaban J connectivity index is 1.83. The second-order valence-electron chi connectivity index (χ2n) is 11.8. The topological polar surface area (TPSA) is 80.9 Å². The van der Waals surface area contributed by atoms with Crippen molar-refractivity contribution >= 4 is 0 Å². The Kier molecular flexibility index (Phi) is 13.0. The highest BCUT2D eigenvalue weighted by Crippen LogP contribution is 2.51. The molecule has 5 atom stereocenters. The maximum absolute atomic E-state index is 13.5. The molecule has 0 bridgehead atoms. The molecule has 43 heavy (non-hydrogen) atoms. The fourth-order valence-corrected chi connectivity index (χ4v) is 7.02. The molecule has 4 nitrogen and oxygen atoms in total. The van der Waals surface area contributed by atoms with E-state index >= 15 is 0 Å². The molecule has 4 N–H and O–H groups in total. The molecule has 0 spiro atoms. The first-order valence-electron chi connectivity index (χ1n) is 15.9. The number of benzene rings is 4. The lowest BCUT2D eigenvalue weighted by molar-refractivity contribution is -0.0816. The van der Waals surface area contributed by atoms with Crippen LogP contribution in [0.3, 0.4) is 0 Å². The monoisotopic (exact) mass is 580 g/mol. The lowest BCUT2D eigenvalue weighted by Crippen LogP contribution is -2.50. The van der Waals surface area contributed by atoms with Gasteiger partial charge < -0.3 is 20.4 Å². The van der Waals surface area contributed by atoms with Crippen LogP contribution in [0.2, 0.25) is 0 Å². The summed E-state index contributed by atoms with van der Waals surface area (Å²) in [5.41, 5.74) is 3.15. The summed E-state index contributed by atoms with van der Waals surface area (Å²) in [5.74, 6) is -0.771. The molecule has 0 saturated carbocycles. The molecule has 0 amide bonds. The number of rotatable bonds is 18. The molecule has 5 unspecified atom stereocenters. The highest BCUT2D eigenvalue weighted by atomic mass is 16.3. The second kappa shape index (κ2) is 17.1. The van der Waals surface area contributed by atoms with Gasteiger partial charge in [0.1, 0.15) is 0 Å². The van der Waals surface area contributed by atoms with Crippen LogP contribution in [0.15, 0.2) is 121 Å². The van der Waals surface area contributed by atoms with Crippen molar-refractivity contribution in [3.63, 3.8) is 0 Å². The van der Waals surface area contributed by atoms with Gasteiger partial charge in [0.2, 0.25) is 0 Å². The predicted molar refractivity (Wildman–Crippen MR) is 175 cm³/mol. The van der Waals surface area contributed by atoms with Crippen LogP contribution in [0.1, 0.15) is 78.5 Å². The molecule has 4 aromatic carbocycles. The summed E-state index contributed by atoms with van der Waals surface area (Å²) < 4.78 is 0. The predicted octanol–water partition coefficient (Wildman–Crippen LogP) is 7.25. The van der Waals surface area contributed by atoms with Crippen molar-refractivity contribution in [2.24, 2.45) is 5.92 Å². The molecule has 0 radical (unpaired) electrons. The van der Waals surface area contributed by atoms with Crippen LogP contribution < -0.4 is 0 Å². The molecular weight excluding hydrogens is 532 g/mol. The highest BCUT2D eigenvalue weighted by Gasteiger charge is 2.49. The summed E-state index contributed by atoms with van der Waals surface area (Å²) in [4.78, 5) is 0. The van der Waals surface area contributed by atoms with Gasteiger partial charge in [-0.2, -0.15) is 0 Å². The Labute approximate surface area is 257 Å². The van der Waals surface area contributed by atoms with Crippen molar-refractivity contribution in [3.8, 4) is 0 Å². The van der Waals surface area contributed by atoms with Crippen molar-refractivity contribution in [1.82, 2.24) is 0 Å². The SMILES string of the molecule is OCCCC(c1ccccc1)C(O)(C(CCc1ccccc1)CCC(CO)c1ccccc1)C(CCO)c1ccccc1. The molecule has 4 rings (SSSR count). The largest absolute Gasteiger partial charge is 0.396 e. The quantitative estimate of drug-likeness (QED) is 0.1000. The highest BCUT2D eigenvalue weighted by molar-refractivity contribution is 5.31. The Morgan fingerprint density at radius 1 is 0.488 bits per heavy atom. The molecule has 0 aliphatic carbocycles. The molecule has 228 valence electrons. The molecular formula is C39H48O4. The van der Waals surface area contributed by atoms with Gasteiger partial charge in [-0.05, 0) is 73.1 Å². The van der Waals surface area contributed by atoms with Crippen LogP contribution in [0.5, 0.6) is 0 Å². The van der Waals surface area contributed by atoms with E-state index in [1.807, 2.05) is 60.7 Å². The summed E-state index contributed by atoms with van der Waals surface area (Å²) in [5, 5.41) is 44.4. The molecule has 0 fully saturated rings. The van der Waals surface area contributed by atoms with E-state index in [9.17, 15) is 20.4 Å². The average Bonchev–Trinajstić information content (AvgIpc) is 3.07. The van der Waals surface area contributed by atoms with Crippen LogP contribution in [0.4, 0.5) is 0 Å². The second-order valence-corrected chi connectivity index (χ2v) is 11.8. The third kappa shape index (κ3) is 8.64. The zero-order valence-electron chi connectivity index (χ0n) is 25.2. The molecule has 0 saturated heterocycles. The first-order valence-corrected chi connectivity index (χ1v) is 15.9. The van der Waals surface area contributed by atoms with Crippen LogP contribution >= 0.6 is 0 Å². The van der Waals surface area contributed by atoms with Gasteiger partial charge in [-0.15, -0.1) is 0 Å². The summed E-state index contributed by atoms with van der Waals surface area (Å²) in [6.07, 6.45) is 4.61. The van der Waals surface area contributed by atoms with Crippen molar-refractivity contribution in [2.45, 2.75) is 68.3 Å². The lowest BCUT2D eigenvalue weighted by Gasteiger charge is -2.49. The summed E-state index contributed by atoms with van der Waals surface area (Å²) >= 11 is 0. The Morgan fingerprint density at radius 3 is 1.47 bits per heavy atom. The number of hydrogen-bond donors (Lipinski definition) is 4. The summed E-state index contributed by atoms with van der Waals surface area (Å²) in [6.45, 7) is 0.0436. The van der Waals surface area contributed by atoms with Gasteiger partial charge in [-0.1, -0.05) is 121 Å². The van der Waals surface area contributed by atoms with Gasteiger partial charge in [0.15, 0.2) is 0 Å². The number of aliphatic hydroxyl groups excluding tert-OH is 3. The van der Waals surface area contributed by atoms with Crippen molar-refractivity contribution < 1.29 is 20.4 Å². The van der Waals surface area contributed by atoms with Crippen LogP contribution in [-0.4, -0.2) is 45.8 Å². The smallest absolute Gasteiger partial charge is 0.0813 e. The third-order valence-electron chi connectivity index (χ3n) is 9.22. The normalized spacial score (nSPS) is 15.7. The molecule has 0 heterocycles. The van der Waals surface area contributed by atoms with Gasteiger partial charge >= 0.3 is 0 Å². The van der Waals surface area contributed by atoms with E-state index in [2.05, 4.69) is 60.7 Å². The van der Waals surface area contributed by atoms with E-state index in [1.165, 1.54) is 5.56 Å². The lowest BCUT2D eigenvalue weighted by atomic mass is 9.60. The van der Waals surface area contributed by atoms with Gasteiger partial charge in [-0.3, -0.25) is 0 Å². The number of aryl methyl sites for hydroxylation is 1. The first kappa shape index (κ1) is 32.6. The minimum atomic E-state index is -1.23. The van der Waals surface area contributed by atoms with Crippen LogP contribution in [-0.2, 0) is 6.42 Å². The average molecular weight is 581 g/mol. The minimum Gasteiger partial charge on any atom is -0.396 e. The zero-order chi connectivity index (χ0) is 30.3. The fourth-order valence-electron chi connectivity index (χ4n) is 7.02. The maximum atomic E-state index is 13.5.